The Hall–Kier alpha value is -0.540. The van der Waals surface area contributed by atoms with E-state index in [1.54, 1.807) is 34.6 Å². The van der Waals surface area contributed by atoms with Crippen molar-refractivity contribution in [2.75, 3.05) is 44.5 Å². The lowest BCUT2D eigenvalue weighted by Crippen LogP contribution is -2.40. The fourth-order valence-electron chi connectivity index (χ4n) is 4.13. The summed E-state index contributed by atoms with van der Waals surface area (Å²) in [5.41, 5.74) is -1.74. The molecule has 0 aromatic carbocycles. The number of esters is 3. The highest BCUT2D eigenvalue weighted by atomic mass is 79.9. The number of carbonyl (C=O) groups excluding carboxylic acids is 4. The van der Waals surface area contributed by atoms with Crippen LogP contribution in [0.2, 0.25) is 0 Å². The van der Waals surface area contributed by atoms with Crippen LogP contribution in [0.15, 0.2) is 0 Å². The van der Waals surface area contributed by atoms with Crippen molar-refractivity contribution >= 4 is 77.3 Å². The Bertz CT molecular complexity index is 897. The van der Waals surface area contributed by atoms with Gasteiger partial charge in [-0.25, -0.2) is 0 Å². The van der Waals surface area contributed by atoms with Crippen LogP contribution in [0, 0.1) is 10.8 Å². The van der Waals surface area contributed by atoms with Gasteiger partial charge in [-0.1, -0.05) is 53.4 Å². The van der Waals surface area contributed by atoms with Gasteiger partial charge >= 0.3 is 17.9 Å². The molecule has 1 saturated heterocycles. The second kappa shape index (κ2) is 19.9. The first-order valence-corrected chi connectivity index (χ1v) is 18.8. The van der Waals surface area contributed by atoms with Gasteiger partial charge in [0.25, 0.3) is 0 Å². The zero-order valence-corrected chi connectivity index (χ0v) is 31.3. The van der Waals surface area contributed by atoms with Crippen LogP contribution in [-0.4, -0.2) is 89.8 Å². The molecule has 1 rings (SSSR count). The predicted octanol–water partition coefficient (Wildman–Crippen LogP) is 5.81. The van der Waals surface area contributed by atoms with E-state index in [2.05, 4.69) is 37.2 Å². The fraction of sp³-hybridized carbons (Fsp3) is 0.862. The number of hydrogen-bond acceptors (Lipinski definition) is 11. The Morgan fingerprint density at radius 3 is 1.95 bits per heavy atom. The number of ether oxygens (including phenoxy) is 5. The Kier molecular flexibility index (Phi) is 18.7. The molecule has 43 heavy (non-hydrogen) atoms. The third-order valence-corrected chi connectivity index (χ3v) is 10.0. The molecule has 1 N–H and O–H groups in total. The monoisotopic (exact) mass is 777 g/mol. The average molecular weight is 780 g/mol. The molecule has 0 aromatic heterocycles. The molecule has 0 aromatic rings. The van der Waals surface area contributed by atoms with Crippen LogP contribution in [0.3, 0.4) is 0 Å². The molecule has 10 nitrogen and oxygen atoms in total. The third kappa shape index (κ3) is 16.5. The van der Waals surface area contributed by atoms with Gasteiger partial charge in [-0.15, -0.1) is 0 Å². The molecule has 3 atom stereocenters. The van der Waals surface area contributed by atoms with Gasteiger partial charge in [-0.3, -0.25) is 19.2 Å². The van der Waals surface area contributed by atoms with Gasteiger partial charge in [0.2, 0.25) is 5.91 Å². The second-order valence-corrected chi connectivity index (χ2v) is 17.8. The first-order valence-electron chi connectivity index (χ1n) is 14.6. The second-order valence-electron chi connectivity index (χ2n) is 12.2. The molecule has 0 aliphatic carbocycles. The molecule has 1 aliphatic heterocycles. The number of hydrogen-bond donors (Lipinski definition) is 1. The maximum Gasteiger partial charge on any atom is 0.322 e. The summed E-state index contributed by atoms with van der Waals surface area (Å²) in [4.78, 5) is 49.6. The van der Waals surface area contributed by atoms with E-state index in [0.29, 0.717) is 24.5 Å². The number of carbonyl (C=O) groups is 4. The molecule has 1 fully saturated rings. The highest BCUT2D eigenvalue weighted by Crippen LogP contribution is 2.36. The smallest absolute Gasteiger partial charge is 0.322 e. The number of halogens is 2. The van der Waals surface area contributed by atoms with E-state index in [-0.39, 0.29) is 57.1 Å². The summed E-state index contributed by atoms with van der Waals surface area (Å²) in [5.74, 6) is -0.265. The third-order valence-electron chi connectivity index (χ3n) is 6.35. The molecule has 250 valence electrons. The van der Waals surface area contributed by atoms with Gasteiger partial charge in [-0.2, -0.15) is 0 Å². The molecular formula is C29H49Br2NO9S2. The summed E-state index contributed by atoms with van der Waals surface area (Å²) in [5, 5.41) is 2.82. The van der Waals surface area contributed by atoms with Crippen LogP contribution in [0.5, 0.6) is 0 Å². The summed E-state index contributed by atoms with van der Waals surface area (Å²) in [6.07, 6.45) is 3.19. The number of alkyl halides is 2. The maximum absolute atomic E-state index is 12.7. The minimum absolute atomic E-state index is 0.0195. The first-order chi connectivity index (χ1) is 20.0. The molecule has 14 heteroatoms. The van der Waals surface area contributed by atoms with Crippen molar-refractivity contribution in [3.8, 4) is 0 Å². The lowest BCUT2D eigenvalue weighted by Gasteiger charge is -2.30. The van der Waals surface area contributed by atoms with Crippen LogP contribution in [-0.2, 0) is 42.9 Å². The summed E-state index contributed by atoms with van der Waals surface area (Å²) in [6.45, 7) is 13.9. The quantitative estimate of drug-likeness (QED) is 0.0529. The van der Waals surface area contributed by atoms with E-state index in [0.717, 1.165) is 19.3 Å². The molecule has 1 aliphatic rings. The average Bonchev–Trinajstić information content (AvgIpc) is 2.91. The first kappa shape index (κ1) is 40.5. The van der Waals surface area contributed by atoms with Gasteiger partial charge in [-0.05, 0) is 80.6 Å². The predicted molar refractivity (Wildman–Crippen MR) is 177 cm³/mol. The number of amides is 1. The molecular weight excluding hydrogens is 730 g/mol. The fourth-order valence-corrected chi connectivity index (χ4v) is 7.54. The standard InChI is InChI=1S/C29H49Br2NO9S2/c1-20(2)32-23(33)21(30)18-27(3,4)24(34)40-14-16-42-43-17-15-41-25(35)28(5,6)19-29(7,31)26(36)39-13-12-38-22-10-8-9-11-37-22/h20-22H,8-19H2,1-7H3,(H,32,33). The van der Waals surface area contributed by atoms with E-state index in [4.69, 9.17) is 23.7 Å². The van der Waals surface area contributed by atoms with Crippen molar-refractivity contribution in [1.82, 2.24) is 5.32 Å². The van der Waals surface area contributed by atoms with Gasteiger partial charge in [0, 0.05) is 24.2 Å². The van der Waals surface area contributed by atoms with E-state index < -0.39 is 31.9 Å². The molecule has 0 spiro atoms. The van der Waals surface area contributed by atoms with Gasteiger partial charge in [0.15, 0.2) is 6.29 Å². The van der Waals surface area contributed by atoms with Crippen LogP contribution >= 0.6 is 53.4 Å². The molecule has 0 bridgehead atoms. The summed E-state index contributed by atoms with van der Waals surface area (Å²) < 4.78 is 26.3. The zero-order valence-electron chi connectivity index (χ0n) is 26.5. The maximum atomic E-state index is 12.7. The molecule has 3 unspecified atom stereocenters. The van der Waals surface area contributed by atoms with Crippen molar-refractivity contribution in [3.05, 3.63) is 0 Å². The normalized spacial score (nSPS) is 18.0. The van der Waals surface area contributed by atoms with Crippen molar-refractivity contribution in [2.45, 2.75) is 102 Å². The Balaban J connectivity index is 2.24. The van der Waals surface area contributed by atoms with E-state index in [1.807, 2.05) is 13.8 Å². The van der Waals surface area contributed by atoms with Crippen molar-refractivity contribution in [2.24, 2.45) is 10.8 Å². The number of rotatable bonds is 20. The lowest BCUT2D eigenvalue weighted by atomic mass is 9.83. The SMILES string of the molecule is CC(C)NC(=O)C(Br)CC(C)(C)C(=O)OCCSSCCOC(=O)C(C)(C)CC(C)(Br)C(=O)OCCOC1CCCCO1. The molecule has 1 amide bonds. The highest BCUT2D eigenvalue weighted by molar-refractivity contribution is 9.10. The van der Waals surface area contributed by atoms with Crippen LogP contribution in [0.4, 0.5) is 0 Å². The van der Waals surface area contributed by atoms with E-state index in [1.165, 1.54) is 21.6 Å². The summed E-state index contributed by atoms with van der Waals surface area (Å²) in [7, 11) is 3.02. The van der Waals surface area contributed by atoms with Crippen LogP contribution < -0.4 is 5.32 Å². The van der Waals surface area contributed by atoms with Gasteiger partial charge < -0.3 is 29.0 Å². The number of nitrogens with one attached hydrogen (secondary N) is 1. The summed E-state index contributed by atoms with van der Waals surface area (Å²) in [6, 6.07) is 0.0195. The largest absolute Gasteiger partial charge is 0.464 e. The van der Waals surface area contributed by atoms with Gasteiger partial charge in [0.05, 0.1) is 22.3 Å². The Labute approximate surface area is 281 Å². The minimum atomic E-state index is -1.07. The van der Waals surface area contributed by atoms with Gasteiger partial charge in [0.1, 0.15) is 24.1 Å². The topological polar surface area (TPSA) is 126 Å². The Morgan fingerprint density at radius 2 is 1.42 bits per heavy atom. The van der Waals surface area contributed by atoms with E-state index in [9.17, 15) is 19.2 Å². The zero-order chi connectivity index (χ0) is 32.7. The molecule has 0 radical (unpaired) electrons. The molecule has 1 heterocycles. The van der Waals surface area contributed by atoms with Crippen molar-refractivity contribution < 1.29 is 42.9 Å². The van der Waals surface area contributed by atoms with Crippen molar-refractivity contribution in [1.29, 1.82) is 0 Å². The highest BCUT2D eigenvalue weighted by Gasteiger charge is 2.42. The van der Waals surface area contributed by atoms with Crippen molar-refractivity contribution in [3.63, 3.8) is 0 Å². The van der Waals surface area contributed by atoms with Crippen LogP contribution in [0.1, 0.15) is 80.6 Å². The Morgan fingerprint density at radius 1 is 0.860 bits per heavy atom. The van der Waals surface area contributed by atoms with Crippen LogP contribution in [0.25, 0.3) is 0 Å². The molecule has 0 saturated carbocycles. The van der Waals surface area contributed by atoms with E-state index >= 15 is 0 Å². The lowest BCUT2D eigenvalue weighted by molar-refractivity contribution is -0.174. The summed E-state index contributed by atoms with van der Waals surface area (Å²) >= 11 is 6.80. The minimum Gasteiger partial charge on any atom is -0.464 e.